The molecule has 14 nitrogen and oxygen atoms in total. The fourth-order valence-corrected chi connectivity index (χ4v) is 4.71. The van der Waals surface area contributed by atoms with Crippen LogP contribution >= 0.6 is 0 Å². The number of benzene rings is 5. The normalized spacial score (nSPS) is 12.0. The molecule has 5 rings (SSSR count). The summed E-state index contributed by atoms with van der Waals surface area (Å²) in [6.45, 7) is 1.76. The number of carbonyl (C=O) groups is 1. The van der Waals surface area contributed by atoms with Crippen molar-refractivity contribution in [3.63, 3.8) is 0 Å². The second-order valence-electron chi connectivity index (χ2n) is 10.1. The number of hydrogen-bond acceptors (Lipinski definition) is 12. The van der Waals surface area contributed by atoms with Gasteiger partial charge in [0, 0.05) is 6.07 Å². The number of aromatic carboxylic acids is 1. The van der Waals surface area contributed by atoms with Gasteiger partial charge in [0.2, 0.25) is 0 Å². The monoisotopic (exact) mass is 650 g/mol. The molecule has 0 heterocycles. The van der Waals surface area contributed by atoms with E-state index in [1.807, 2.05) is 24.3 Å². The highest BCUT2D eigenvalue weighted by Gasteiger charge is 2.13. The van der Waals surface area contributed by atoms with Gasteiger partial charge in [0.05, 0.1) is 39.0 Å². The molecule has 0 aliphatic carbocycles. The second kappa shape index (κ2) is 13.4. The molecule has 0 aliphatic rings. The van der Waals surface area contributed by atoms with Crippen LogP contribution in [0.2, 0.25) is 0 Å². The third-order valence-corrected chi connectivity index (χ3v) is 7.67. The zero-order valence-corrected chi connectivity index (χ0v) is 25.4. The van der Waals surface area contributed by atoms with Gasteiger partial charge in [-0.15, -0.1) is 10.2 Å². The molecular formula is C32H26N8O6S. The van der Waals surface area contributed by atoms with Crippen LogP contribution in [-0.4, -0.2) is 29.2 Å². The van der Waals surface area contributed by atoms with Crippen LogP contribution in [-0.2, 0) is 10.1 Å². The first-order valence-electron chi connectivity index (χ1n) is 13.7. The second-order valence-corrected chi connectivity index (χ2v) is 11.5. The van der Waals surface area contributed by atoms with E-state index in [4.69, 9.17) is 21.1 Å². The van der Waals surface area contributed by atoms with Crippen LogP contribution in [0.3, 0.4) is 0 Å². The molecule has 0 saturated carbocycles. The van der Waals surface area contributed by atoms with Gasteiger partial charge >= 0.3 is 5.97 Å². The van der Waals surface area contributed by atoms with Gasteiger partial charge < -0.3 is 21.7 Å². The van der Waals surface area contributed by atoms with E-state index < -0.39 is 21.8 Å². The Morgan fingerprint density at radius 2 is 1.11 bits per heavy atom. The van der Waals surface area contributed by atoms with E-state index in [1.165, 1.54) is 42.5 Å². The number of nitrogens with two attached hydrogens (primary N) is 2. The molecule has 5 aromatic carbocycles. The molecule has 15 heteroatoms. The summed E-state index contributed by atoms with van der Waals surface area (Å²) in [6.07, 6.45) is 0. The van der Waals surface area contributed by atoms with Crippen molar-refractivity contribution in [3.05, 3.63) is 108 Å². The largest absolute Gasteiger partial charge is 0.507 e. The van der Waals surface area contributed by atoms with Gasteiger partial charge in [0.25, 0.3) is 10.1 Å². The number of rotatable bonds is 9. The van der Waals surface area contributed by atoms with Gasteiger partial charge in [-0.1, -0.05) is 24.3 Å². The van der Waals surface area contributed by atoms with Gasteiger partial charge in [-0.25, -0.2) is 4.79 Å². The Bertz CT molecular complexity index is 2170. The number of anilines is 2. The van der Waals surface area contributed by atoms with E-state index in [-0.39, 0.29) is 27.5 Å². The fraction of sp³-hybridized carbons (Fsp3) is 0.0312. The van der Waals surface area contributed by atoms with Crippen LogP contribution in [0.4, 0.5) is 45.5 Å². The average Bonchev–Trinajstić information content (AvgIpc) is 3.05. The highest BCUT2D eigenvalue weighted by molar-refractivity contribution is 7.85. The number of nitrogens with zero attached hydrogens (tertiary/aromatic N) is 6. The molecule has 0 atom stereocenters. The summed E-state index contributed by atoms with van der Waals surface area (Å²) in [6, 6.07) is 25.3. The summed E-state index contributed by atoms with van der Waals surface area (Å²) >= 11 is 0. The Morgan fingerprint density at radius 3 is 1.62 bits per heavy atom. The molecule has 0 aromatic heterocycles. The Labute approximate surface area is 268 Å². The molecule has 7 N–H and O–H groups in total. The van der Waals surface area contributed by atoms with Crippen LogP contribution < -0.4 is 11.5 Å². The molecule has 5 aromatic rings. The summed E-state index contributed by atoms with van der Waals surface area (Å²) in [5, 5.41) is 43.9. The van der Waals surface area contributed by atoms with Gasteiger partial charge in [-0.05, 0) is 90.3 Å². The maximum absolute atomic E-state index is 11.2. The van der Waals surface area contributed by atoms with E-state index in [1.54, 1.807) is 37.3 Å². The minimum atomic E-state index is -4.32. The van der Waals surface area contributed by atoms with Crippen LogP contribution in [0.5, 0.6) is 5.75 Å². The molecular weight excluding hydrogens is 624 g/mol. The summed E-state index contributed by atoms with van der Waals surface area (Å²) in [5.74, 6) is -1.63. The van der Waals surface area contributed by atoms with E-state index in [9.17, 15) is 18.3 Å². The standard InChI is InChI=1S/C32H26N8O6S/c1-18-16-27(39-36-23-10-13-25(14-11-23)47(44,45)46)30(34)31(29(18)33)40-37-22-8-4-20(5-9-22)19-2-6-21(7-3-19)35-38-24-12-15-26(32(42)43)28(41)17-24/h2-17,41H,33-34H2,1H3,(H,42,43)(H,44,45,46). The predicted octanol–water partition coefficient (Wildman–Crippen LogP) is 8.72. The van der Waals surface area contributed by atoms with Gasteiger partial charge in [0.1, 0.15) is 22.7 Å². The third kappa shape index (κ3) is 7.67. The molecule has 0 aliphatic heterocycles. The molecule has 0 amide bonds. The van der Waals surface area contributed by atoms with Crippen molar-refractivity contribution in [2.75, 3.05) is 11.5 Å². The lowest BCUT2D eigenvalue weighted by Crippen LogP contribution is -1.96. The fourth-order valence-electron chi connectivity index (χ4n) is 4.23. The Morgan fingerprint density at radius 1 is 0.638 bits per heavy atom. The van der Waals surface area contributed by atoms with Crippen molar-refractivity contribution >= 4 is 61.6 Å². The van der Waals surface area contributed by atoms with Gasteiger partial charge in [-0.3, -0.25) is 4.55 Å². The molecule has 0 unspecified atom stereocenters. The first kappa shape index (κ1) is 32.1. The van der Waals surface area contributed by atoms with E-state index in [2.05, 4.69) is 30.7 Å². The SMILES string of the molecule is Cc1cc(N=Nc2ccc(S(=O)(=O)O)cc2)c(N)c(N=Nc2ccc(-c3ccc(N=Nc4ccc(C(=O)O)c(O)c4)cc3)cc2)c1N. The summed E-state index contributed by atoms with van der Waals surface area (Å²) in [7, 11) is -4.32. The van der Waals surface area contributed by atoms with Crippen molar-refractivity contribution in [1.29, 1.82) is 0 Å². The van der Waals surface area contributed by atoms with Crippen LogP contribution in [0.25, 0.3) is 11.1 Å². The maximum Gasteiger partial charge on any atom is 0.339 e. The zero-order chi connectivity index (χ0) is 33.7. The summed E-state index contributed by atoms with van der Waals surface area (Å²) < 4.78 is 31.6. The molecule has 0 radical (unpaired) electrons. The highest BCUT2D eigenvalue weighted by atomic mass is 32.2. The summed E-state index contributed by atoms with van der Waals surface area (Å²) in [5.41, 5.74) is 17.5. The molecule has 0 saturated heterocycles. The zero-order valence-electron chi connectivity index (χ0n) is 24.6. The molecule has 0 spiro atoms. The van der Waals surface area contributed by atoms with E-state index in [0.717, 1.165) is 11.1 Å². The predicted molar refractivity (Wildman–Crippen MR) is 176 cm³/mol. The topological polar surface area (TPSA) is 238 Å². The van der Waals surface area contributed by atoms with Crippen molar-refractivity contribution in [2.24, 2.45) is 30.7 Å². The lowest BCUT2D eigenvalue weighted by Gasteiger charge is -2.09. The van der Waals surface area contributed by atoms with Crippen molar-refractivity contribution in [3.8, 4) is 16.9 Å². The maximum atomic E-state index is 11.2. The lowest BCUT2D eigenvalue weighted by molar-refractivity contribution is 0.0693. The van der Waals surface area contributed by atoms with Crippen molar-refractivity contribution < 1.29 is 28.0 Å². The molecule has 0 fully saturated rings. The number of aromatic hydroxyl groups is 1. The first-order chi connectivity index (χ1) is 22.4. The van der Waals surface area contributed by atoms with Crippen LogP contribution in [0, 0.1) is 6.92 Å². The lowest BCUT2D eigenvalue weighted by atomic mass is 10.1. The van der Waals surface area contributed by atoms with E-state index >= 15 is 0 Å². The number of phenols is 1. The number of nitrogen functional groups attached to an aromatic ring is 2. The van der Waals surface area contributed by atoms with Crippen LogP contribution in [0.1, 0.15) is 15.9 Å². The Hall–Kier alpha value is -6.32. The number of aryl methyl sites for hydroxylation is 1. The quantitative estimate of drug-likeness (QED) is 0.0585. The number of azo groups is 3. The molecule has 47 heavy (non-hydrogen) atoms. The number of carboxylic acid groups (broad SMARTS) is 1. The average molecular weight is 651 g/mol. The number of hydrogen-bond donors (Lipinski definition) is 5. The minimum Gasteiger partial charge on any atom is -0.507 e. The van der Waals surface area contributed by atoms with Crippen molar-refractivity contribution in [1.82, 2.24) is 0 Å². The molecule has 0 bridgehead atoms. The smallest absolute Gasteiger partial charge is 0.339 e. The number of carboxylic acids is 1. The van der Waals surface area contributed by atoms with Crippen LogP contribution in [0.15, 0.2) is 133 Å². The summed E-state index contributed by atoms with van der Waals surface area (Å²) in [4.78, 5) is 10.8. The van der Waals surface area contributed by atoms with Gasteiger partial charge in [0.15, 0.2) is 0 Å². The highest BCUT2D eigenvalue weighted by Crippen LogP contribution is 2.41. The first-order valence-corrected chi connectivity index (χ1v) is 15.1. The van der Waals surface area contributed by atoms with Gasteiger partial charge in [-0.2, -0.15) is 28.9 Å². The van der Waals surface area contributed by atoms with E-state index in [0.29, 0.717) is 34.0 Å². The minimum absolute atomic E-state index is 0.151. The Balaban J connectivity index is 1.28. The Kier molecular flexibility index (Phi) is 9.11. The third-order valence-electron chi connectivity index (χ3n) is 6.80. The molecule has 236 valence electrons. The van der Waals surface area contributed by atoms with Crippen molar-refractivity contribution in [2.45, 2.75) is 11.8 Å².